The first-order chi connectivity index (χ1) is 13.2. The first-order valence-electron chi connectivity index (χ1n) is 9.83. The van der Waals surface area contributed by atoms with Crippen molar-refractivity contribution in [1.82, 2.24) is 9.55 Å². The molecule has 0 amide bonds. The highest BCUT2D eigenvalue weighted by molar-refractivity contribution is 7.99. The fourth-order valence-corrected chi connectivity index (χ4v) is 6.35. The summed E-state index contributed by atoms with van der Waals surface area (Å²) in [5.74, 6) is 1.48. The Hall–Kier alpha value is -1.36. The lowest BCUT2D eigenvalue weighted by Gasteiger charge is -2.18. The number of nitriles is 1. The summed E-state index contributed by atoms with van der Waals surface area (Å²) in [6.45, 7) is 3.65. The van der Waals surface area contributed by atoms with Crippen molar-refractivity contribution < 1.29 is 4.74 Å². The van der Waals surface area contributed by atoms with Gasteiger partial charge in [0.25, 0.3) is 5.56 Å². The molecule has 1 fully saturated rings. The van der Waals surface area contributed by atoms with E-state index < -0.39 is 0 Å². The van der Waals surface area contributed by atoms with Crippen LogP contribution in [-0.4, -0.2) is 28.0 Å². The SMILES string of the molecule is C[C@@H]1CCc2c(sc3nc(SCCCC#N)n(C[C@H]4CCCO4)c(=O)c23)C1. The lowest BCUT2D eigenvalue weighted by atomic mass is 9.89. The number of ether oxygens (including phenoxy) is 1. The number of hydrogen-bond donors (Lipinski definition) is 0. The van der Waals surface area contributed by atoms with Gasteiger partial charge in [0.2, 0.25) is 0 Å². The lowest BCUT2D eigenvalue weighted by molar-refractivity contribution is 0.0937. The summed E-state index contributed by atoms with van der Waals surface area (Å²) in [7, 11) is 0. The zero-order valence-corrected chi connectivity index (χ0v) is 17.3. The van der Waals surface area contributed by atoms with Gasteiger partial charge < -0.3 is 4.74 Å². The first kappa shape index (κ1) is 19.0. The number of aryl methyl sites for hydroxylation is 1. The van der Waals surface area contributed by atoms with E-state index >= 15 is 0 Å². The number of aromatic nitrogens is 2. The smallest absolute Gasteiger partial charge is 0.263 e. The zero-order valence-electron chi connectivity index (χ0n) is 15.7. The molecule has 0 N–H and O–H groups in total. The molecule has 0 bridgehead atoms. The van der Waals surface area contributed by atoms with Crippen LogP contribution >= 0.6 is 23.1 Å². The van der Waals surface area contributed by atoms with Crippen molar-refractivity contribution in [2.24, 2.45) is 5.92 Å². The predicted octanol–water partition coefficient (Wildman–Crippen LogP) is 4.16. The maximum Gasteiger partial charge on any atom is 0.263 e. The van der Waals surface area contributed by atoms with E-state index in [1.54, 1.807) is 23.1 Å². The molecule has 1 saturated heterocycles. The molecule has 2 aromatic heterocycles. The highest BCUT2D eigenvalue weighted by Gasteiger charge is 2.26. The second-order valence-corrected chi connectivity index (χ2v) is 9.73. The molecule has 0 saturated carbocycles. The maximum absolute atomic E-state index is 13.4. The van der Waals surface area contributed by atoms with Crippen molar-refractivity contribution in [2.45, 2.75) is 69.7 Å². The summed E-state index contributed by atoms with van der Waals surface area (Å²) in [6, 6.07) is 2.19. The van der Waals surface area contributed by atoms with Crippen LogP contribution in [0.4, 0.5) is 0 Å². The number of unbranched alkanes of at least 4 members (excludes halogenated alkanes) is 1. The lowest BCUT2D eigenvalue weighted by Crippen LogP contribution is -2.29. The van der Waals surface area contributed by atoms with Crippen LogP contribution in [-0.2, 0) is 24.1 Å². The molecule has 3 heterocycles. The fraction of sp³-hybridized carbons (Fsp3) is 0.650. The van der Waals surface area contributed by atoms with Gasteiger partial charge in [0.1, 0.15) is 4.83 Å². The number of thioether (sulfide) groups is 1. The molecule has 0 aromatic carbocycles. The molecule has 2 atom stereocenters. The highest BCUT2D eigenvalue weighted by atomic mass is 32.2. The van der Waals surface area contributed by atoms with Crippen LogP contribution < -0.4 is 5.56 Å². The molecule has 5 nitrogen and oxygen atoms in total. The molecule has 1 aliphatic heterocycles. The fourth-order valence-electron chi connectivity index (χ4n) is 3.98. The van der Waals surface area contributed by atoms with Crippen LogP contribution in [0.2, 0.25) is 0 Å². The Morgan fingerprint density at radius 3 is 3.11 bits per heavy atom. The number of rotatable bonds is 6. The van der Waals surface area contributed by atoms with Crippen molar-refractivity contribution >= 4 is 33.3 Å². The Balaban J connectivity index is 1.74. The predicted molar refractivity (Wildman–Crippen MR) is 110 cm³/mol. The van der Waals surface area contributed by atoms with Crippen molar-refractivity contribution in [3.8, 4) is 6.07 Å². The Kier molecular flexibility index (Phi) is 5.86. The van der Waals surface area contributed by atoms with Gasteiger partial charge in [-0.15, -0.1) is 11.3 Å². The largest absolute Gasteiger partial charge is 0.376 e. The third-order valence-corrected chi connectivity index (χ3v) is 7.67. The minimum atomic E-state index is 0.102. The van der Waals surface area contributed by atoms with E-state index in [4.69, 9.17) is 15.0 Å². The van der Waals surface area contributed by atoms with Crippen molar-refractivity contribution in [3.63, 3.8) is 0 Å². The van der Waals surface area contributed by atoms with E-state index in [0.717, 1.165) is 66.3 Å². The molecule has 7 heteroatoms. The second kappa shape index (κ2) is 8.34. The van der Waals surface area contributed by atoms with Crippen molar-refractivity contribution in [1.29, 1.82) is 5.26 Å². The summed E-state index contributed by atoms with van der Waals surface area (Å²) in [4.78, 5) is 20.6. The maximum atomic E-state index is 13.4. The van der Waals surface area contributed by atoms with E-state index in [-0.39, 0.29) is 11.7 Å². The molecule has 1 aliphatic carbocycles. The van der Waals surface area contributed by atoms with Crippen LogP contribution in [0.3, 0.4) is 0 Å². The molecule has 4 rings (SSSR count). The minimum absolute atomic E-state index is 0.102. The normalized spacial score (nSPS) is 22.1. The quantitative estimate of drug-likeness (QED) is 0.412. The average molecular weight is 404 g/mol. The van der Waals surface area contributed by atoms with Gasteiger partial charge in [-0.3, -0.25) is 9.36 Å². The third kappa shape index (κ3) is 3.94. The summed E-state index contributed by atoms with van der Waals surface area (Å²) < 4.78 is 7.64. The highest BCUT2D eigenvalue weighted by Crippen LogP contribution is 2.36. The van der Waals surface area contributed by atoms with Crippen LogP contribution in [0.1, 0.15) is 49.5 Å². The van der Waals surface area contributed by atoms with Crippen molar-refractivity contribution in [3.05, 3.63) is 20.8 Å². The van der Waals surface area contributed by atoms with Crippen LogP contribution in [0.5, 0.6) is 0 Å². The van der Waals surface area contributed by atoms with Gasteiger partial charge in [-0.25, -0.2) is 4.98 Å². The topological polar surface area (TPSA) is 67.9 Å². The number of fused-ring (bicyclic) bond motifs is 3. The molecule has 0 spiro atoms. The molecular weight excluding hydrogens is 378 g/mol. The van der Waals surface area contributed by atoms with E-state index in [9.17, 15) is 4.79 Å². The number of hydrogen-bond acceptors (Lipinski definition) is 6. The van der Waals surface area contributed by atoms with Gasteiger partial charge in [0, 0.05) is 23.7 Å². The van der Waals surface area contributed by atoms with Gasteiger partial charge >= 0.3 is 0 Å². The molecule has 0 radical (unpaired) electrons. The van der Waals surface area contributed by atoms with Crippen molar-refractivity contribution in [2.75, 3.05) is 12.4 Å². The van der Waals surface area contributed by atoms with Crippen LogP contribution in [0, 0.1) is 17.2 Å². The zero-order chi connectivity index (χ0) is 18.8. The first-order valence-corrected chi connectivity index (χ1v) is 11.6. The van der Waals surface area contributed by atoms with E-state index in [1.165, 1.54) is 10.4 Å². The molecule has 0 unspecified atom stereocenters. The van der Waals surface area contributed by atoms with Crippen LogP contribution in [0.15, 0.2) is 9.95 Å². The van der Waals surface area contributed by atoms with Gasteiger partial charge in [-0.05, 0) is 50.0 Å². The van der Waals surface area contributed by atoms with E-state index in [2.05, 4.69) is 13.0 Å². The minimum Gasteiger partial charge on any atom is -0.376 e. The Labute approximate surface area is 167 Å². The Morgan fingerprint density at radius 1 is 1.44 bits per heavy atom. The summed E-state index contributed by atoms with van der Waals surface area (Å²) in [5.41, 5.74) is 1.35. The Bertz CT molecular complexity index is 922. The monoisotopic (exact) mass is 403 g/mol. The standard InChI is InChI=1S/C20H25N3O2S2/c1-13-6-7-15-16(11-13)27-18-17(15)19(24)23(12-14-5-4-9-25-14)20(22-18)26-10-3-2-8-21/h13-14H,2-7,9-12H2,1H3/t13-,14-/m1/s1. The number of nitrogens with zero attached hydrogens (tertiary/aromatic N) is 3. The second-order valence-electron chi connectivity index (χ2n) is 7.59. The van der Waals surface area contributed by atoms with Gasteiger partial charge in [0.05, 0.1) is 24.1 Å². The summed E-state index contributed by atoms with van der Waals surface area (Å²) in [5, 5.41) is 10.4. The molecular formula is C20H25N3O2S2. The molecule has 144 valence electrons. The Morgan fingerprint density at radius 2 is 2.33 bits per heavy atom. The third-order valence-electron chi connectivity index (χ3n) is 5.45. The average Bonchev–Trinajstić information content (AvgIpc) is 3.28. The van der Waals surface area contributed by atoms with Gasteiger partial charge in [0.15, 0.2) is 5.16 Å². The van der Waals surface area contributed by atoms with Crippen LogP contribution in [0.25, 0.3) is 10.2 Å². The van der Waals surface area contributed by atoms with E-state index in [0.29, 0.717) is 18.9 Å². The van der Waals surface area contributed by atoms with Gasteiger partial charge in [-0.2, -0.15) is 5.26 Å². The molecule has 27 heavy (non-hydrogen) atoms. The van der Waals surface area contributed by atoms with Gasteiger partial charge in [-0.1, -0.05) is 18.7 Å². The van der Waals surface area contributed by atoms with E-state index in [1.807, 2.05) is 4.57 Å². The summed E-state index contributed by atoms with van der Waals surface area (Å²) in [6.07, 6.45) is 6.72. The summed E-state index contributed by atoms with van der Waals surface area (Å²) >= 11 is 3.30. The molecule has 2 aliphatic rings. The number of thiophene rings is 1. The molecule has 2 aromatic rings.